The number of ether oxygens (including phenoxy) is 1. The van der Waals surface area contributed by atoms with Crippen LogP contribution in [0.2, 0.25) is 0 Å². The highest BCUT2D eigenvalue weighted by atomic mass is 16.5. The number of carbonyl (C=O) groups excluding carboxylic acids is 2. The molecule has 0 aromatic heterocycles. The molecule has 0 heterocycles. The Morgan fingerprint density at radius 1 is 1.14 bits per heavy atom. The lowest BCUT2D eigenvalue weighted by Crippen LogP contribution is -2.21. The third-order valence-corrected chi connectivity index (χ3v) is 2.77. The average Bonchev–Trinajstić information content (AvgIpc) is 2.54. The van der Waals surface area contributed by atoms with Crippen LogP contribution in [0.25, 0.3) is 0 Å². The van der Waals surface area contributed by atoms with E-state index in [1.54, 1.807) is 48.5 Å². The predicted molar refractivity (Wildman–Crippen MR) is 80.2 cm³/mol. The molecular weight excluding hydrogens is 282 g/mol. The van der Waals surface area contributed by atoms with E-state index >= 15 is 0 Å². The number of para-hydroxylation sites is 1. The number of carbonyl (C=O) groups is 2. The summed E-state index contributed by atoms with van der Waals surface area (Å²) in [5.41, 5.74) is 6.36. The van der Waals surface area contributed by atoms with Crippen molar-refractivity contribution in [3.8, 4) is 11.8 Å². The Kier molecular flexibility index (Phi) is 4.73. The van der Waals surface area contributed by atoms with Crippen molar-refractivity contribution in [1.82, 2.24) is 0 Å². The SMILES string of the molecule is N#Cc1ccc(NC(=O)c2ccccc2OCC(N)=O)cc1. The standard InChI is InChI=1S/C16H13N3O3/c17-9-11-5-7-12(8-6-11)19-16(21)13-3-1-2-4-14(13)22-10-15(18)20/h1-8H,10H2,(H2,18,20)(H,19,21). The largest absolute Gasteiger partial charge is 0.483 e. The molecule has 2 aromatic carbocycles. The van der Waals surface area contributed by atoms with Crippen molar-refractivity contribution >= 4 is 17.5 Å². The number of nitrogens with two attached hydrogens (primary N) is 1. The van der Waals surface area contributed by atoms with Crippen LogP contribution in [0.1, 0.15) is 15.9 Å². The van der Waals surface area contributed by atoms with E-state index in [0.717, 1.165) is 0 Å². The second-order valence-corrected chi connectivity index (χ2v) is 4.39. The maximum Gasteiger partial charge on any atom is 0.259 e. The second-order valence-electron chi connectivity index (χ2n) is 4.39. The zero-order valence-electron chi connectivity index (χ0n) is 11.6. The Morgan fingerprint density at radius 2 is 1.82 bits per heavy atom. The van der Waals surface area contributed by atoms with Crippen LogP contribution in [0.5, 0.6) is 5.75 Å². The number of amides is 2. The van der Waals surface area contributed by atoms with Crippen LogP contribution in [-0.2, 0) is 4.79 Å². The summed E-state index contributed by atoms with van der Waals surface area (Å²) < 4.78 is 5.22. The van der Waals surface area contributed by atoms with Gasteiger partial charge in [0.2, 0.25) is 0 Å². The highest BCUT2D eigenvalue weighted by molar-refractivity contribution is 6.06. The molecule has 0 saturated heterocycles. The maximum absolute atomic E-state index is 12.3. The van der Waals surface area contributed by atoms with Crippen LogP contribution in [0.15, 0.2) is 48.5 Å². The van der Waals surface area contributed by atoms with E-state index in [9.17, 15) is 9.59 Å². The maximum atomic E-state index is 12.3. The average molecular weight is 295 g/mol. The first-order valence-corrected chi connectivity index (χ1v) is 6.42. The molecule has 0 spiro atoms. The molecule has 0 aliphatic heterocycles. The van der Waals surface area contributed by atoms with Crippen LogP contribution in [0.3, 0.4) is 0 Å². The van der Waals surface area contributed by atoms with Crippen LogP contribution >= 0.6 is 0 Å². The molecule has 0 unspecified atom stereocenters. The summed E-state index contributed by atoms with van der Waals surface area (Å²) in [4.78, 5) is 23.0. The number of anilines is 1. The number of hydrogen-bond acceptors (Lipinski definition) is 4. The third kappa shape index (κ3) is 3.84. The molecule has 22 heavy (non-hydrogen) atoms. The number of nitriles is 1. The van der Waals surface area contributed by atoms with Gasteiger partial charge in [0.1, 0.15) is 5.75 Å². The lowest BCUT2D eigenvalue weighted by atomic mass is 10.1. The summed E-state index contributed by atoms with van der Waals surface area (Å²) in [7, 11) is 0. The van der Waals surface area contributed by atoms with Crippen LogP contribution in [0.4, 0.5) is 5.69 Å². The Bertz CT molecular complexity index is 733. The molecule has 0 bridgehead atoms. The van der Waals surface area contributed by atoms with Gasteiger partial charge in [0, 0.05) is 5.69 Å². The van der Waals surface area contributed by atoms with Crippen molar-refractivity contribution < 1.29 is 14.3 Å². The van der Waals surface area contributed by atoms with Gasteiger partial charge < -0.3 is 15.8 Å². The molecule has 0 saturated carbocycles. The topological polar surface area (TPSA) is 105 Å². The first-order chi connectivity index (χ1) is 10.6. The van der Waals surface area contributed by atoms with E-state index in [2.05, 4.69) is 5.32 Å². The molecular formula is C16H13N3O3. The number of primary amides is 1. The lowest BCUT2D eigenvalue weighted by Gasteiger charge is -2.10. The number of rotatable bonds is 5. The molecule has 2 rings (SSSR count). The van der Waals surface area contributed by atoms with Gasteiger partial charge >= 0.3 is 0 Å². The molecule has 0 aliphatic rings. The highest BCUT2D eigenvalue weighted by Crippen LogP contribution is 2.20. The van der Waals surface area contributed by atoms with Gasteiger partial charge in [0.25, 0.3) is 11.8 Å². The molecule has 3 N–H and O–H groups in total. The van der Waals surface area contributed by atoms with Crippen molar-refractivity contribution in [3.63, 3.8) is 0 Å². The lowest BCUT2D eigenvalue weighted by molar-refractivity contribution is -0.119. The molecule has 0 atom stereocenters. The number of nitrogens with one attached hydrogen (secondary N) is 1. The minimum atomic E-state index is -0.623. The predicted octanol–water partition coefficient (Wildman–Crippen LogP) is 1.67. The Hall–Kier alpha value is -3.33. The summed E-state index contributed by atoms with van der Waals surface area (Å²) in [6.07, 6.45) is 0. The minimum Gasteiger partial charge on any atom is -0.483 e. The van der Waals surface area contributed by atoms with Crippen LogP contribution < -0.4 is 15.8 Å². The van der Waals surface area contributed by atoms with Crippen molar-refractivity contribution in [3.05, 3.63) is 59.7 Å². The van der Waals surface area contributed by atoms with Crippen molar-refractivity contribution in [1.29, 1.82) is 5.26 Å². The smallest absolute Gasteiger partial charge is 0.259 e. The van der Waals surface area contributed by atoms with Gasteiger partial charge in [-0.2, -0.15) is 5.26 Å². The van der Waals surface area contributed by atoms with E-state index in [4.69, 9.17) is 15.7 Å². The first-order valence-electron chi connectivity index (χ1n) is 6.42. The van der Waals surface area contributed by atoms with Crippen LogP contribution in [0, 0.1) is 11.3 Å². The first kappa shape index (κ1) is 15.1. The van der Waals surface area contributed by atoms with Gasteiger partial charge in [-0.1, -0.05) is 12.1 Å². The molecule has 0 aliphatic carbocycles. The quantitative estimate of drug-likeness (QED) is 0.875. The summed E-state index contributed by atoms with van der Waals surface area (Å²) in [5.74, 6) is -0.737. The van der Waals surface area contributed by atoms with Gasteiger partial charge in [-0.15, -0.1) is 0 Å². The second kappa shape index (κ2) is 6.90. The zero-order valence-corrected chi connectivity index (χ0v) is 11.6. The minimum absolute atomic E-state index is 0.271. The number of benzene rings is 2. The molecule has 6 nitrogen and oxygen atoms in total. The van der Waals surface area contributed by atoms with Crippen molar-refractivity contribution in [2.45, 2.75) is 0 Å². The Labute approximate surface area is 127 Å². The van der Waals surface area contributed by atoms with Gasteiger partial charge in [-0.3, -0.25) is 9.59 Å². The molecule has 2 aromatic rings. The van der Waals surface area contributed by atoms with Gasteiger partial charge in [0.15, 0.2) is 6.61 Å². The van der Waals surface area contributed by atoms with Gasteiger partial charge in [-0.05, 0) is 36.4 Å². The number of nitrogens with zero attached hydrogens (tertiary/aromatic N) is 1. The fraction of sp³-hybridized carbons (Fsp3) is 0.0625. The van der Waals surface area contributed by atoms with E-state index in [-0.39, 0.29) is 23.8 Å². The normalized spacial score (nSPS) is 9.59. The summed E-state index contributed by atoms with van der Waals surface area (Å²) in [6.45, 7) is -0.304. The fourth-order valence-corrected chi connectivity index (χ4v) is 1.76. The van der Waals surface area contributed by atoms with E-state index in [0.29, 0.717) is 11.3 Å². The van der Waals surface area contributed by atoms with E-state index in [1.807, 2.05) is 6.07 Å². The van der Waals surface area contributed by atoms with Gasteiger partial charge in [0.05, 0.1) is 17.2 Å². The Balaban J connectivity index is 2.15. The molecule has 2 amide bonds. The number of hydrogen-bond donors (Lipinski definition) is 2. The third-order valence-electron chi connectivity index (χ3n) is 2.77. The van der Waals surface area contributed by atoms with Crippen LogP contribution in [-0.4, -0.2) is 18.4 Å². The molecule has 0 fully saturated rings. The molecule has 110 valence electrons. The highest BCUT2D eigenvalue weighted by Gasteiger charge is 2.13. The fourth-order valence-electron chi connectivity index (χ4n) is 1.76. The van der Waals surface area contributed by atoms with Crippen molar-refractivity contribution in [2.24, 2.45) is 5.73 Å². The van der Waals surface area contributed by atoms with Crippen molar-refractivity contribution in [2.75, 3.05) is 11.9 Å². The summed E-state index contributed by atoms with van der Waals surface area (Å²) in [6, 6.07) is 15.0. The zero-order chi connectivity index (χ0) is 15.9. The summed E-state index contributed by atoms with van der Waals surface area (Å²) in [5, 5.41) is 11.4. The summed E-state index contributed by atoms with van der Waals surface area (Å²) >= 11 is 0. The van der Waals surface area contributed by atoms with E-state index < -0.39 is 5.91 Å². The monoisotopic (exact) mass is 295 g/mol. The van der Waals surface area contributed by atoms with Gasteiger partial charge in [-0.25, -0.2) is 0 Å². The Morgan fingerprint density at radius 3 is 2.45 bits per heavy atom. The van der Waals surface area contributed by atoms with E-state index in [1.165, 1.54) is 0 Å². The molecule has 0 radical (unpaired) electrons. The molecule has 6 heteroatoms.